The molecule has 0 saturated heterocycles. The lowest BCUT2D eigenvalue weighted by atomic mass is 10.3. The van der Waals surface area contributed by atoms with Gasteiger partial charge in [-0.25, -0.2) is 4.98 Å². The van der Waals surface area contributed by atoms with E-state index in [4.69, 9.17) is 11.6 Å². The molecule has 2 rings (SSSR count). The van der Waals surface area contributed by atoms with Crippen LogP contribution in [0.15, 0.2) is 18.7 Å². The van der Waals surface area contributed by atoms with E-state index in [1.807, 2.05) is 10.6 Å². The molecule has 16 heavy (non-hydrogen) atoms. The van der Waals surface area contributed by atoms with Gasteiger partial charge in [0.2, 0.25) is 5.65 Å². The first-order chi connectivity index (χ1) is 7.74. The Morgan fingerprint density at radius 3 is 3.00 bits per heavy atom. The quantitative estimate of drug-likeness (QED) is 0.760. The van der Waals surface area contributed by atoms with Crippen molar-refractivity contribution in [3.05, 3.63) is 18.7 Å². The minimum atomic E-state index is 0.328. The molecular weight excluding hydrogens is 226 g/mol. The van der Waals surface area contributed by atoms with Gasteiger partial charge in [0.1, 0.15) is 6.33 Å². The number of alkyl halides is 1. The van der Waals surface area contributed by atoms with Crippen molar-refractivity contribution in [1.29, 1.82) is 0 Å². The molecule has 2 heterocycles. The lowest BCUT2D eigenvalue weighted by Crippen LogP contribution is -2.33. The Hall–Kier alpha value is -1.36. The van der Waals surface area contributed by atoms with Crippen LogP contribution in [0.2, 0.25) is 0 Å². The normalized spacial score (nSPS) is 11.2. The number of nitrogens with zero attached hydrogens (tertiary/aromatic N) is 5. The molecule has 0 amide bonds. The van der Waals surface area contributed by atoms with Crippen LogP contribution in [-0.4, -0.2) is 38.0 Å². The molecule has 0 aliphatic heterocycles. The van der Waals surface area contributed by atoms with Crippen molar-refractivity contribution >= 4 is 23.1 Å². The summed E-state index contributed by atoms with van der Waals surface area (Å²) < 4.78 is 1.85. The second-order valence-electron chi connectivity index (χ2n) is 3.79. The van der Waals surface area contributed by atoms with Crippen molar-refractivity contribution < 1.29 is 0 Å². The maximum atomic E-state index is 5.80. The Labute approximate surface area is 99.1 Å². The minimum Gasteiger partial charge on any atom is -0.350 e. The average Bonchev–Trinajstić information content (AvgIpc) is 2.73. The predicted octanol–water partition coefficient (Wildman–Crippen LogP) is 1.58. The number of aromatic nitrogens is 4. The van der Waals surface area contributed by atoms with Crippen LogP contribution in [0.1, 0.15) is 13.8 Å². The topological polar surface area (TPSA) is 46.3 Å². The lowest BCUT2D eigenvalue weighted by Gasteiger charge is -2.26. The van der Waals surface area contributed by atoms with Gasteiger partial charge in [-0.1, -0.05) is 0 Å². The van der Waals surface area contributed by atoms with Crippen molar-refractivity contribution in [2.24, 2.45) is 0 Å². The van der Waals surface area contributed by atoms with Crippen molar-refractivity contribution in [1.82, 2.24) is 19.6 Å². The molecule has 6 heteroatoms. The fraction of sp³-hybridized carbons (Fsp3) is 0.500. The standard InChI is InChI=1S/C10H14ClN5/c1-8(2)16(5-3-11)9-10-14-13-7-15(10)6-4-12-9/h4,6-8H,3,5H2,1-2H3. The first-order valence-electron chi connectivity index (χ1n) is 5.21. The number of hydrogen-bond acceptors (Lipinski definition) is 4. The molecular formula is C10H14ClN5. The van der Waals surface area contributed by atoms with Crippen LogP contribution in [0.5, 0.6) is 0 Å². The monoisotopic (exact) mass is 239 g/mol. The van der Waals surface area contributed by atoms with Gasteiger partial charge in [-0.05, 0) is 13.8 Å². The number of rotatable bonds is 4. The molecule has 0 saturated carbocycles. The van der Waals surface area contributed by atoms with Crippen LogP contribution in [0.3, 0.4) is 0 Å². The van der Waals surface area contributed by atoms with E-state index in [0.29, 0.717) is 11.9 Å². The molecule has 0 N–H and O–H groups in total. The zero-order chi connectivity index (χ0) is 11.5. The van der Waals surface area contributed by atoms with Gasteiger partial charge in [0.15, 0.2) is 5.82 Å². The van der Waals surface area contributed by atoms with Crippen LogP contribution < -0.4 is 4.90 Å². The Balaban J connectivity index is 2.47. The summed E-state index contributed by atoms with van der Waals surface area (Å²) in [5.41, 5.74) is 0.765. The summed E-state index contributed by atoms with van der Waals surface area (Å²) in [5, 5.41) is 7.95. The smallest absolute Gasteiger partial charge is 0.203 e. The van der Waals surface area contributed by atoms with Gasteiger partial charge in [0, 0.05) is 30.9 Å². The van der Waals surface area contributed by atoms with E-state index >= 15 is 0 Å². The SMILES string of the molecule is CC(C)N(CCCl)c1nccn2cnnc12. The largest absolute Gasteiger partial charge is 0.350 e. The maximum Gasteiger partial charge on any atom is 0.203 e. The van der Waals surface area contributed by atoms with Crippen molar-refractivity contribution in [2.75, 3.05) is 17.3 Å². The highest BCUT2D eigenvalue weighted by Crippen LogP contribution is 2.18. The third-order valence-electron chi connectivity index (χ3n) is 2.42. The second kappa shape index (κ2) is 4.65. The van der Waals surface area contributed by atoms with Gasteiger partial charge < -0.3 is 4.90 Å². The number of fused-ring (bicyclic) bond motifs is 1. The molecule has 2 aromatic heterocycles. The summed E-state index contributed by atoms with van der Waals surface area (Å²) in [6.07, 6.45) is 5.24. The number of halogens is 1. The van der Waals surface area contributed by atoms with E-state index in [0.717, 1.165) is 18.0 Å². The first-order valence-corrected chi connectivity index (χ1v) is 5.74. The van der Waals surface area contributed by atoms with Gasteiger partial charge in [0.25, 0.3) is 0 Å². The van der Waals surface area contributed by atoms with E-state index in [-0.39, 0.29) is 0 Å². The highest BCUT2D eigenvalue weighted by atomic mass is 35.5. The molecule has 0 aliphatic rings. The lowest BCUT2D eigenvalue weighted by molar-refractivity contribution is 0.695. The summed E-state index contributed by atoms with van der Waals surface area (Å²) in [5.74, 6) is 1.39. The van der Waals surface area contributed by atoms with Crippen molar-refractivity contribution in [2.45, 2.75) is 19.9 Å². The first kappa shape index (κ1) is 11.1. The summed E-state index contributed by atoms with van der Waals surface area (Å²) in [6, 6.07) is 0.328. The third-order valence-corrected chi connectivity index (χ3v) is 2.59. The minimum absolute atomic E-state index is 0.328. The van der Waals surface area contributed by atoms with Crippen LogP contribution >= 0.6 is 11.6 Å². The summed E-state index contributed by atoms with van der Waals surface area (Å²) in [6.45, 7) is 4.96. The van der Waals surface area contributed by atoms with Crippen LogP contribution in [0.4, 0.5) is 5.82 Å². The Morgan fingerprint density at radius 1 is 1.50 bits per heavy atom. The highest BCUT2D eigenvalue weighted by Gasteiger charge is 2.15. The van der Waals surface area contributed by atoms with Gasteiger partial charge >= 0.3 is 0 Å². The van der Waals surface area contributed by atoms with Gasteiger partial charge in [-0.3, -0.25) is 4.40 Å². The molecule has 2 aromatic rings. The second-order valence-corrected chi connectivity index (χ2v) is 4.17. The molecule has 0 aliphatic carbocycles. The van der Waals surface area contributed by atoms with Crippen LogP contribution in [0.25, 0.3) is 5.65 Å². The summed E-state index contributed by atoms with van der Waals surface area (Å²) >= 11 is 5.80. The average molecular weight is 240 g/mol. The van der Waals surface area contributed by atoms with E-state index in [9.17, 15) is 0 Å². The van der Waals surface area contributed by atoms with Gasteiger partial charge in [0.05, 0.1) is 0 Å². The van der Waals surface area contributed by atoms with E-state index in [1.165, 1.54) is 0 Å². The van der Waals surface area contributed by atoms with Crippen LogP contribution in [-0.2, 0) is 0 Å². The molecule has 0 atom stereocenters. The van der Waals surface area contributed by atoms with Gasteiger partial charge in [-0.2, -0.15) is 0 Å². The fourth-order valence-corrected chi connectivity index (χ4v) is 1.83. The number of hydrogen-bond donors (Lipinski definition) is 0. The fourth-order valence-electron chi connectivity index (χ4n) is 1.65. The molecule has 0 fully saturated rings. The van der Waals surface area contributed by atoms with Gasteiger partial charge in [-0.15, -0.1) is 21.8 Å². The highest BCUT2D eigenvalue weighted by molar-refractivity contribution is 6.18. The zero-order valence-corrected chi connectivity index (χ0v) is 10.1. The predicted molar refractivity (Wildman–Crippen MR) is 64.0 cm³/mol. The molecule has 86 valence electrons. The summed E-state index contributed by atoms with van der Waals surface area (Å²) in [4.78, 5) is 6.49. The maximum absolute atomic E-state index is 5.80. The molecule has 0 bridgehead atoms. The molecule has 0 unspecified atom stereocenters. The van der Waals surface area contributed by atoms with Crippen LogP contribution in [0, 0.1) is 0 Å². The molecule has 0 spiro atoms. The number of anilines is 1. The van der Waals surface area contributed by atoms with Crippen molar-refractivity contribution in [3.63, 3.8) is 0 Å². The van der Waals surface area contributed by atoms with Crippen molar-refractivity contribution in [3.8, 4) is 0 Å². The van der Waals surface area contributed by atoms with E-state index < -0.39 is 0 Å². The van der Waals surface area contributed by atoms with E-state index in [2.05, 4.69) is 33.9 Å². The van der Waals surface area contributed by atoms with E-state index in [1.54, 1.807) is 12.5 Å². The molecule has 5 nitrogen and oxygen atoms in total. The third kappa shape index (κ3) is 1.95. The Kier molecular flexibility index (Phi) is 3.24. The summed E-state index contributed by atoms with van der Waals surface area (Å²) in [7, 11) is 0. The zero-order valence-electron chi connectivity index (χ0n) is 9.34. The molecule has 0 aromatic carbocycles. The molecule has 0 radical (unpaired) electrons. The Morgan fingerprint density at radius 2 is 2.31 bits per heavy atom. The Bertz CT molecular complexity index is 467.